The van der Waals surface area contributed by atoms with Crippen LogP contribution in [0.2, 0.25) is 0 Å². The van der Waals surface area contributed by atoms with Crippen molar-refractivity contribution >= 4 is 16.5 Å². The summed E-state index contributed by atoms with van der Waals surface area (Å²) >= 11 is 0. The number of nitrogens with zero attached hydrogens (tertiary/aromatic N) is 2. The summed E-state index contributed by atoms with van der Waals surface area (Å²) in [5.41, 5.74) is 1.83. The first-order valence-corrected chi connectivity index (χ1v) is 6.83. The second kappa shape index (κ2) is 5.52. The summed E-state index contributed by atoms with van der Waals surface area (Å²) in [6.07, 6.45) is 1.83. The summed E-state index contributed by atoms with van der Waals surface area (Å²) in [7, 11) is 0. The molecule has 0 saturated carbocycles. The van der Waals surface area contributed by atoms with Crippen molar-refractivity contribution in [1.82, 2.24) is 4.98 Å². The predicted octanol–water partition coefficient (Wildman–Crippen LogP) is 4.18. The number of hydrogen-bond acceptors (Lipinski definition) is 3. The molecule has 0 aliphatic rings. The van der Waals surface area contributed by atoms with Crippen molar-refractivity contribution < 1.29 is 9.31 Å². The second-order valence-electron chi connectivity index (χ2n) is 5.11. The Morgan fingerprint density at radius 1 is 1.14 bits per heavy atom. The number of fused-ring (bicyclic) bond motifs is 1. The van der Waals surface area contributed by atoms with Crippen molar-refractivity contribution in [1.29, 1.82) is 0 Å². The molecule has 0 saturated heterocycles. The van der Waals surface area contributed by atoms with E-state index in [9.17, 15) is 14.5 Å². The molecule has 0 unspecified atom stereocenters. The second-order valence-corrected chi connectivity index (χ2v) is 5.11. The van der Waals surface area contributed by atoms with Crippen molar-refractivity contribution in [3.8, 4) is 0 Å². The molecule has 0 fully saturated rings. The maximum Gasteiger partial charge on any atom is 0.280 e. The molecule has 0 N–H and O–H groups in total. The van der Waals surface area contributed by atoms with E-state index in [0.717, 1.165) is 0 Å². The van der Waals surface area contributed by atoms with Crippen LogP contribution < -0.4 is 0 Å². The summed E-state index contributed by atoms with van der Waals surface area (Å²) < 4.78 is 13.8. The Balaban J connectivity index is 2.18. The van der Waals surface area contributed by atoms with Crippen molar-refractivity contribution in [3.05, 3.63) is 81.4 Å². The van der Waals surface area contributed by atoms with E-state index in [-0.39, 0.29) is 16.4 Å². The van der Waals surface area contributed by atoms with Crippen molar-refractivity contribution in [2.24, 2.45) is 0 Å². The average molecular weight is 296 g/mol. The number of hydrogen-bond donors (Lipinski definition) is 0. The zero-order chi connectivity index (χ0) is 15.7. The number of aryl methyl sites for hydroxylation is 1. The highest BCUT2D eigenvalue weighted by Crippen LogP contribution is 2.31. The van der Waals surface area contributed by atoms with E-state index >= 15 is 0 Å². The highest BCUT2D eigenvalue weighted by Gasteiger charge is 2.18. The zero-order valence-electron chi connectivity index (χ0n) is 11.9. The minimum absolute atomic E-state index is 0.0784. The Hall–Kier alpha value is -2.82. The number of halogens is 1. The molecule has 0 bridgehead atoms. The van der Waals surface area contributed by atoms with Crippen LogP contribution in [0, 0.1) is 22.9 Å². The topological polar surface area (TPSA) is 56.0 Å². The molecule has 0 amide bonds. The Labute approximate surface area is 126 Å². The molecule has 3 aromatic rings. The highest BCUT2D eigenvalue weighted by molar-refractivity contribution is 5.93. The summed E-state index contributed by atoms with van der Waals surface area (Å²) in [4.78, 5) is 15.2. The molecule has 0 atom stereocenters. The molecule has 2 aromatic carbocycles. The highest BCUT2D eigenvalue weighted by atomic mass is 19.1. The van der Waals surface area contributed by atoms with E-state index in [4.69, 9.17) is 0 Å². The molecule has 5 heteroatoms. The van der Waals surface area contributed by atoms with Gasteiger partial charge in [-0.2, -0.15) is 0 Å². The maximum atomic E-state index is 13.8. The fourth-order valence-corrected chi connectivity index (χ4v) is 2.61. The molecule has 0 aliphatic carbocycles. The first-order chi connectivity index (χ1) is 10.6. The quantitative estimate of drug-likeness (QED) is 0.538. The van der Waals surface area contributed by atoms with E-state index in [2.05, 4.69) is 4.98 Å². The van der Waals surface area contributed by atoms with Gasteiger partial charge in [0.25, 0.3) is 5.69 Å². The molecular formula is C17H13FN2O2. The first kappa shape index (κ1) is 14.1. The number of benzene rings is 2. The molecule has 4 nitrogen and oxygen atoms in total. The normalized spacial score (nSPS) is 10.8. The Morgan fingerprint density at radius 3 is 2.64 bits per heavy atom. The first-order valence-electron chi connectivity index (χ1n) is 6.83. The Bertz CT molecular complexity index is 878. The molecule has 3 rings (SSSR count). The third-order valence-corrected chi connectivity index (χ3v) is 3.70. The minimum Gasteiger partial charge on any atom is -0.260 e. The molecule has 110 valence electrons. The molecule has 1 aromatic heterocycles. The van der Waals surface area contributed by atoms with E-state index < -0.39 is 0 Å². The molecule has 1 heterocycles. The molecular weight excluding hydrogens is 283 g/mol. The van der Waals surface area contributed by atoms with Gasteiger partial charge in [0.1, 0.15) is 5.82 Å². The van der Waals surface area contributed by atoms with Crippen LogP contribution in [0.3, 0.4) is 0 Å². The number of pyridine rings is 1. The smallest absolute Gasteiger partial charge is 0.260 e. The number of nitro groups is 1. The van der Waals surface area contributed by atoms with Crippen LogP contribution in [0.15, 0.2) is 48.7 Å². The fraction of sp³-hybridized carbons (Fsp3) is 0.118. The molecule has 0 aliphatic heterocycles. The summed E-state index contributed by atoms with van der Waals surface area (Å²) in [5, 5.41) is 12.5. The molecule has 22 heavy (non-hydrogen) atoms. The van der Waals surface area contributed by atoms with Crippen molar-refractivity contribution in [2.45, 2.75) is 13.3 Å². The van der Waals surface area contributed by atoms with Crippen LogP contribution >= 0.6 is 0 Å². The van der Waals surface area contributed by atoms with Gasteiger partial charge in [-0.25, -0.2) is 4.39 Å². The van der Waals surface area contributed by atoms with Crippen LogP contribution in [-0.2, 0) is 6.42 Å². The van der Waals surface area contributed by atoms with Crippen molar-refractivity contribution in [2.75, 3.05) is 0 Å². The van der Waals surface area contributed by atoms with E-state index in [1.807, 2.05) is 0 Å². The zero-order valence-corrected chi connectivity index (χ0v) is 11.9. The fourth-order valence-electron chi connectivity index (χ4n) is 2.61. The number of nitro benzene ring substituents is 1. The van der Waals surface area contributed by atoms with Crippen LogP contribution in [0.1, 0.15) is 16.8 Å². The third-order valence-electron chi connectivity index (χ3n) is 3.70. The standard InChI is InChI=1S/C17H13FN2O2/c1-11-6-7-13-14(17(11)20(21)22)8-9-19-16(13)10-12-4-2-3-5-15(12)18/h2-9H,10H2,1H3. The van der Waals surface area contributed by atoms with Gasteiger partial charge in [-0.05, 0) is 24.6 Å². The van der Waals surface area contributed by atoms with E-state index in [1.165, 1.54) is 12.3 Å². The van der Waals surface area contributed by atoms with Gasteiger partial charge < -0.3 is 0 Å². The van der Waals surface area contributed by atoms with Gasteiger partial charge in [-0.15, -0.1) is 0 Å². The Morgan fingerprint density at radius 2 is 1.91 bits per heavy atom. The predicted molar refractivity (Wildman–Crippen MR) is 82.3 cm³/mol. The summed E-state index contributed by atoms with van der Waals surface area (Å²) in [5.74, 6) is -0.303. The van der Waals surface area contributed by atoms with E-state index in [1.54, 1.807) is 43.3 Å². The van der Waals surface area contributed by atoms with Gasteiger partial charge in [-0.3, -0.25) is 15.1 Å². The summed E-state index contributed by atoms with van der Waals surface area (Å²) in [6.45, 7) is 1.70. The van der Waals surface area contributed by atoms with Crippen molar-refractivity contribution in [3.63, 3.8) is 0 Å². The van der Waals surface area contributed by atoms with Gasteiger partial charge in [0.05, 0.1) is 16.0 Å². The SMILES string of the molecule is Cc1ccc2c(Cc3ccccc3F)nccc2c1[N+](=O)[O-]. The van der Waals surface area contributed by atoms with Crippen LogP contribution in [0.4, 0.5) is 10.1 Å². The maximum absolute atomic E-state index is 13.8. The van der Waals surface area contributed by atoms with Crippen LogP contribution in [0.5, 0.6) is 0 Å². The molecule has 0 radical (unpaired) electrons. The van der Waals surface area contributed by atoms with Gasteiger partial charge in [0.2, 0.25) is 0 Å². The average Bonchev–Trinajstić information content (AvgIpc) is 2.49. The molecule has 0 spiro atoms. The Kier molecular flexibility index (Phi) is 3.55. The largest absolute Gasteiger partial charge is 0.280 e. The lowest BCUT2D eigenvalue weighted by Crippen LogP contribution is -1.99. The lowest BCUT2D eigenvalue weighted by molar-refractivity contribution is -0.383. The summed E-state index contributed by atoms with van der Waals surface area (Å²) in [6, 6.07) is 11.6. The number of rotatable bonds is 3. The van der Waals surface area contributed by atoms with E-state index in [0.29, 0.717) is 34.0 Å². The van der Waals surface area contributed by atoms with Crippen LogP contribution in [0.25, 0.3) is 10.8 Å². The van der Waals surface area contributed by atoms with Crippen LogP contribution in [-0.4, -0.2) is 9.91 Å². The monoisotopic (exact) mass is 296 g/mol. The van der Waals surface area contributed by atoms with Gasteiger partial charge in [-0.1, -0.05) is 30.3 Å². The minimum atomic E-state index is -0.384. The number of aromatic nitrogens is 1. The lowest BCUT2D eigenvalue weighted by atomic mass is 10.0. The van der Waals surface area contributed by atoms with Gasteiger partial charge >= 0.3 is 0 Å². The van der Waals surface area contributed by atoms with Gasteiger partial charge in [0.15, 0.2) is 0 Å². The van der Waals surface area contributed by atoms with Gasteiger partial charge in [0, 0.05) is 23.6 Å². The lowest BCUT2D eigenvalue weighted by Gasteiger charge is -2.08. The third kappa shape index (κ3) is 2.41.